The molecule has 1 N–H and O–H groups in total. The van der Waals surface area contributed by atoms with E-state index < -0.39 is 0 Å². The van der Waals surface area contributed by atoms with Crippen LogP contribution in [0.25, 0.3) is 11.3 Å². The molecule has 0 bridgehead atoms. The van der Waals surface area contributed by atoms with Crippen LogP contribution in [0.2, 0.25) is 0 Å². The Morgan fingerprint density at radius 3 is 2.61 bits per heavy atom. The summed E-state index contributed by atoms with van der Waals surface area (Å²) < 4.78 is 10.7. The van der Waals surface area contributed by atoms with Gasteiger partial charge in [-0.25, -0.2) is 4.98 Å². The monoisotopic (exact) mass is 414 g/mol. The highest BCUT2D eigenvalue weighted by Gasteiger charge is 2.13. The molecule has 3 rings (SSSR count). The lowest BCUT2D eigenvalue weighted by atomic mass is 10.1. The van der Waals surface area contributed by atoms with Gasteiger partial charge in [-0.05, 0) is 35.6 Å². The molecule has 146 valence electrons. The molecule has 0 atom stereocenters. The van der Waals surface area contributed by atoms with E-state index in [0.29, 0.717) is 23.1 Å². The normalized spacial score (nSPS) is 10.5. The van der Waals surface area contributed by atoms with Crippen molar-refractivity contribution in [1.82, 2.24) is 4.98 Å². The van der Waals surface area contributed by atoms with Gasteiger partial charge in [0.05, 0.1) is 26.3 Å². The first-order valence-electron chi connectivity index (χ1n) is 8.82. The maximum atomic E-state index is 12.4. The van der Waals surface area contributed by atoms with E-state index >= 15 is 0 Å². The van der Waals surface area contributed by atoms with Gasteiger partial charge in [0.15, 0.2) is 5.13 Å². The lowest BCUT2D eigenvalue weighted by molar-refractivity contribution is -0.115. The Morgan fingerprint density at radius 2 is 1.93 bits per heavy atom. The number of thioether (sulfide) groups is 1. The number of nitrogens with one attached hydrogen (secondary N) is 1. The zero-order valence-corrected chi connectivity index (χ0v) is 17.7. The van der Waals surface area contributed by atoms with Crippen LogP contribution in [0.1, 0.15) is 12.5 Å². The SMILES string of the molecule is CCSc1ccc(CC(=O)Nc2nc(-c3ccc(OC)cc3OC)cs2)cc1. The highest BCUT2D eigenvalue weighted by Crippen LogP contribution is 2.34. The molecule has 1 heterocycles. The summed E-state index contributed by atoms with van der Waals surface area (Å²) in [7, 11) is 3.22. The highest BCUT2D eigenvalue weighted by molar-refractivity contribution is 7.99. The molecular weight excluding hydrogens is 392 g/mol. The van der Waals surface area contributed by atoms with Crippen LogP contribution in [0, 0.1) is 0 Å². The van der Waals surface area contributed by atoms with Gasteiger partial charge >= 0.3 is 0 Å². The Hall–Kier alpha value is -2.51. The van der Waals surface area contributed by atoms with Crippen molar-refractivity contribution in [2.75, 3.05) is 25.3 Å². The predicted octanol–water partition coefficient (Wildman–Crippen LogP) is 5.12. The van der Waals surface area contributed by atoms with E-state index in [1.165, 1.54) is 16.2 Å². The molecule has 0 spiro atoms. The molecule has 3 aromatic rings. The first-order valence-corrected chi connectivity index (χ1v) is 10.7. The number of anilines is 1. The highest BCUT2D eigenvalue weighted by atomic mass is 32.2. The Morgan fingerprint density at radius 1 is 1.14 bits per heavy atom. The number of benzene rings is 2. The van der Waals surface area contributed by atoms with Gasteiger partial charge in [0.1, 0.15) is 11.5 Å². The molecule has 0 aliphatic carbocycles. The number of carbonyl (C=O) groups is 1. The van der Waals surface area contributed by atoms with Crippen molar-refractivity contribution in [2.45, 2.75) is 18.2 Å². The van der Waals surface area contributed by atoms with Gasteiger partial charge < -0.3 is 14.8 Å². The fourth-order valence-corrected chi connectivity index (χ4v) is 4.07. The summed E-state index contributed by atoms with van der Waals surface area (Å²) in [5.41, 5.74) is 2.58. The van der Waals surface area contributed by atoms with Crippen LogP contribution in [0.4, 0.5) is 5.13 Å². The number of aromatic nitrogens is 1. The van der Waals surface area contributed by atoms with Crippen LogP contribution in [0.15, 0.2) is 52.7 Å². The molecule has 0 unspecified atom stereocenters. The van der Waals surface area contributed by atoms with Crippen molar-refractivity contribution in [2.24, 2.45) is 0 Å². The molecule has 0 aliphatic heterocycles. The largest absolute Gasteiger partial charge is 0.497 e. The van der Waals surface area contributed by atoms with E-state index in [2.05, 4.69) is 17.2 Å². The number of amides is 1. The van der Waals surface area contributed by atoms with Crippen molar-refractivity contribution in [3.05, 3.63) is 53.4 Å². The molecule has 1 amide bonds. The van der Waals surface area contributed by atoms with Crippen molar-refractivity contribution >= 4 is 34.1 Å². The Bertz CT molecular complexity index is 939. The summed E-state index contributed by atoms with van der Waals surface area (Å²) in [6.07, 6.45) is 0.317. The predicted molar refractivity (Wildman–Crippen MR) is 116 cm³/mol. The summed E-state index contributed by atoms with van der Waals surface area (Å²) in [6.45, 7) is 2.12. The van der Waals surface area contributed by atoms with Gasteiger partial charge in [-0.2, -0.15) is 0 Å². The molecule has 0 radical (unpaired) electrons. The van der Waals surface area contributed by atoms with Crippen molar-refractivity contribution in [1.29, 1.82) is 0 Å². The van der Waals surface area contributed by atoms with Crippen molar-refractivity contribution in [3.63, 3.8) is 0 Å². The molecule has 0 saturated heterocycles. The van der Waals surface area contributed by atoms with Gasteiger partial charge in [-0.3, -0.25) is 4.79 Å². The van der Waals surface area contributed by atoms with Crippen LogP contribution in [-0.4, -0.2) is 30.9 Å². The third-order valence-corrected chi connectivity index (χ3v) is 5.69. The van der Waals surface area contributed by atoms with Crippen LogP contribution in [-0.2, 0) is 11.2 Å². The van der Waals surface area contributed by atoms with Gasteiger partial charge in [-0.15, -0.1) is 23.1 Å². The number of hydrogen-bond donors (Lipinski definition) is 1. The molecule has 2 aromatic carbocycles. The molecule has 0 saturated carbocycles. The number of ether oxygens (including phenoxy) is 2. The van der Waals surface area contributed by atoms with Gasteiger partial charge in [0.2, 0.25) is 5.91 Å². The van der Waals surface area contributed by atoms with E-state index in [0.717, 1.165) is 22.6 Å². The molecule has 0 aliphatic rings. The third-order valence-electron chi connectivity index (χ3n) is 4.03. The van der Waals surface area contributed by atoms with E-state index in [1.54, 1.807) is 26.0 Å². The Balaban J connectivity index is 1.66. The Kier molecular flexibility index (Phi) is 6.95. The molecule has 7 heteroatoms. The lowest BCUT2D eigenvalue weighted by Gasteiger charge is -2.08. The topological polar surface area (TPSA) is 60.5 Å². The standard InChI is InChI=1S/C21H22N2O3S2/c1-4-27-16-8-5-14(6-9-16)11-20(24)23-21-22-18(13-28-21)17-10-7-15(25-2)12-19(17)26-3/h5-10,12-13H,4,11H2,1-3H3,(H,22,23,24). The second-order valence-corrected chi connectivity index (χ2v) is 8.10. The fourth-order valence-electron chi connectivity index (χ4n) is 2.68. The summed E-state index contributed by atoms with van der Waals surface area (Å²) in [5.74, 6) is 2.34. The van der Waals surface area contributed by atoms with Gasteiger partial charge in [-0.1, -0.05) is 19.1 Å². The first kappa shape index (κ1) is 20.2. The number of thiazole rings is 1. The molecule has 1 aromatic heterocycles. The zero-order valence-electron chi connectivity index (χ0n) is 16.0. The summed E-state index contributed by atoms with van der Waals surface area (Å²) in [4.78, 5) is 18.1. The third kappa shape index (κ3) is 5.05. The van der Waals surface area contributed by atoms with E-state index in [4.69, 9.17) is 9.47 Å². The molecule has 0 fully saturated rings. The van der Waals surface area contributed by atoms with Gasteiger partial charge in [0, 0.05) is 21.9 Å². The first-order chi connectivity index (χ1) is 13.6. The number of rotatable bonds is 8. The van der Waals surface area contributed by atoms with Gasteiger partial charge in [0.25, 0.3) is 0 Å². The minimum Gasteiger partial charge on any atom is -0.497 e. The number of methoxy groups -OCH3 is 2. The fraction of sp³-hybridized carbons (Fsp3) is 0.238. The van der Waals surface area contributed by atoms with Crippen LogP contribution in [0.3, 0.4) is 0 Å². The smallest absolute Gasteiger partial charge is 0.230 e. The number of hydrogen-bond acceptors (Lipinski definition) is 6. The summed E-state index contributed by atoms with van der Waals surface area (Å²) in [5, 5.41) is 5.34. The second kappa shape index (κ2) is 9.61. The second-order valence-electron chi connectivity index (χ2n) is 5.91. The van der Waals surface area contributed by atoms with E-state index in [9.17, 15) is 4.79 Å². The van der Waals surface area contributed by atoms with Crippen LogP contribution in [0.5, 0.6) is 11.5 Å². The minimum atomic E-state index is -0.0847. The average molecular weight is 415 g/mol. The minimum absolute atomic E-state index is 0.0847. The van der Waals surface area contributed by atoms with Crippen molar-refractivity contribution in [3.8, 4) is 22.8 Å². The quantitative estimate of drug-likeness (QED) is 0.518. The molecule has 28 heavy (non-hydrogen) atoms. The Labute approximate surface area is 173 Å². The van der Waals surface area contributed by atoms with Crippen LogP contribution >= 0.6 is 23.1 Å². The van der Waals surface area contributed by atoms with Crippen molar-refractivity contribution < 1.29 is 14.3 Å². The average Bonchev–Trinajstić information content (AvgIpc) is 3.17. The zero-order chi connectivity index (χ0) is 19.9. The maximum Gasteiger partial charge on any atom is 0.230 e. The van der Waals surface area contributed by atoms with Crippen LogP contribution < -0.4 is 14.8 Å². The summed E-state index contributed by atoms with van der Waals surface area (Å²) >= 11 is 3.17. The molecular formula is C21H22N2O3S2. The summed E-state index contributed by atoms with van der Waals surface area (Å²) in [6, 6.07) is 13.7. The van der Waals surface area contributed by atoms with E-state index in [1.807, 2.05) is 47.8 Å². The maximum absolute atomic E-state index is 12.4. The molecule has 5 nitrogen and oxygen atoms in total. The number of nitrogens with zero attached hydrogens (tertiary/aromatic N) is 1. The van der Waals surface area contributed by atoms with E-state index in [-0.39, 0.29) is 5.91 Å². The lowest BCUT2D eigenvalue weighted by Crippen LogP contribution is -2.14. The number of carbonyl (C=O) groups excluding carboxylic acids is 1.